The number of aliphatic hydroxyl groups is 2. The van der Waals surface area contributed by atoms with Crippen LogP contribution in [0.1, 0.15) is 0 Å². The number of carboxylic acid groups (broad SMARTS) is 2. The van der Waals surface area contributed by atoms with Crippen LogP contribution in [-0.2, 0) is 14.5 Å². The van der Waals surface area contributed by atoms with E-state index in [0.29, 0.717) is 0 Å². The first kappa shape index (κ1) is 15.5. The Morgan fingerprint density at radius 1 is 1.38 bits per heavy atom. The maximum atomic E-state index is 9.90. The van der Waals surface area contributed by atoms with Crippen molar-refractivity contribution in [2.24, 2.45) is 0 Å². The minimum Gasteiger partial charge on any atom is -0.547 e. The van der Waals surface area contributed by atoms with Crippen molar-refractivity contribution >= 4 is 49.7 Å². The molecule has 0 spiro atoms. The van der Waals surface area contributed by atoms with Gasteiger partial charge in [-0.3, -0.25) is 0 Å². The van der Waals surface area contributed by atoms with Gasteiger partial charge in [-0.2, -0.15) is 4.89 Å². The van der Waals surface area contributed by atoms with Gasteiger partial charge < -0.3 is 30.0 Å². The zero-order valence-electron chi connectivity index (χ0n) is 6.17. The fourth-order valence-corrected chi connectivity index (χ4v) is 0.359. The summed E-state index contributed by atoms with van der Waals surface area (Å²) in [5.41, 5.74) is 0. The summed E-state index contributed by atoms with van der Waals surface area (Å²) in [4.78, 5) is 22.6. The smallest absolute Gasteiger partial charge is 0.547 e. The number of hydrogen-bond acceptors (Lipinski definition) is 8. The maximum Gasteiger partial charge on any atom is 2.00 e. The number of carboxylic acids is 2. The van der Waals surface area contributed by atoms with E-state index in [1.807, 2.05) is 0 Å². The van der Waals surface area contributed by atoms with Crippen molar-refractivity contribution in [3.05, 3.63) is 0 Å². The van der Waals surface area contributed by atoms with Crippen LogP contribution >= 0.6 is 0 Å². The van der Waals surface area contributed by atoms with E-state index in [4.69, 9.17) is 15.5 Å². The van der Waals surface area contributed by atoms with Gasteiger partial charge in [0.2, 0.25) is 0 Å². The Bertz CT molecular complexity index is 204. The molecule has 0 amide bonds. The third-order valence-corrected chi connectivity index (χ3v) is 1.03. The van der Waals surface area contributed by atoms with Gasteiger partial charge in [0.05, 0.1) is 5.97 Å². The van der Waals surface area contributed by atoms with E-state index >= 15 is 0 Å². The van der Waals surface area contributed by atoms with Crippen molar-refractivity contribution in [3.8, 4) is 0 Å². The standard InChI is InChI=1S/C4H6O8.Ca/c5-1(2(6)7)4(10,12-11)3(8)9;/h1,5,10-11H,(H,6,7)(H,8,9);/q;+2/p-2. The number of aliphatic hydroxyl groups excluding tert-OH is 1. The molecular weight excluding hydrogens is 216 g/mol. The monoisotopic (exact) mass is 220 g/mol. The van der Waals surface area contributed by atoms with Crippen LogP contribution in [0, 0.1) is 0 Å². The summed E-state index contributed by atoms with van der Waals surface area (Å²) in [5.74, 6) is -8.57. The van der Waals surface area contributed by atoms with E-state index in [1.165, 1.54) is 0 Å². The summed E-state index contributed by atoms with van der Waals surface area (Å²) in [6.45, 7) is 0. The van der Waals surface area contributed by atoms with Crippen molar-refractivity contribution < 1.29 is 40.2 Å². The van der Waals surface area contributed by atoms with Gasteiger partial charge >= 0.3 is 37.7 Å². The molecular formula is C4H4CaO8. The predicted molar refractivity (Wildman–Crippen MR) is 30.4 cm³/mol. The molecule has 0 aromatic rings. The average Bonchev–Trinajstić information content (AvgIpc) is 2.01. The predicted octanol–water partition coefficient (Wildman–Crippen LogP) is -5.36. The second-order valence-corrected chi connectivity index (χ2v) is 1.80. The van der Waals surface area contributed by atoms with Crippen LogP contribution in [0.3, 0.4) is 0 Å². The quantitative estimate of drug-likeness (QED) is 0.184. The van der Waals surface area contributed by atoms with Crippen LogP contribution in [0.5, 0.6) is 0 Å². The summed E-state index contributed by atoms with van der Waals surface area (Å²) in [7, 11) is 0. The first-order valence-electron chi connectivity index (χ1n) is 2.51. The second-order valence-electron chi connectivity index (χ2n) is 1.80. The molecule has 0 aromatic carbocycles. The van der Waals surface area contributed by atoms with Crippen molar-refractivity contribution in [3.63, 3.8) is 0 Å². The van der Waals surface area contributed by atoms with Crippen molar-refractivity contribution in [1.29, 1.82) is 0 Å². The van der Waals surface area contributed by atoms with E-state index in [1.54, 1.807) is 0 Å². The molecule has 0 heterocycles. The molecule has 0 radical (unpaired) electrons. The Morgan fingerprint density at radius 2 is 1.77 bits per heavy atom. The molecule has 9 heteroatoms. The molecule has 0 saturated heterocycles. The van der Waals surface area contributed by atoms with Crippen molar-refractivity contribution in [1.82, 2.24) is 0 Å². The molecule has 0 aliphatic rings. The zero-order chi connectivity index (χ0) is 9.94. The van der Waals surface area contributed by atoms with Gasteiger partial charge in [-0.25, -0.2) is 5.26 Å². The van der Waals surface area contributed by atoms with E-state index in [-0.39, 0.29) is 37.7 Å². The maximum absolute atomic E-state index is 9.90. The van der Waals surface area contributed by atoms with E-state index in [9.17, 15) is 19.8 Å². The largest absolute Gasteiger partial charge is 2.00 e. The molecule has 3 N–H and O–H groups in total. The molecule has 0 bridgehead atoms. The van der Waals surface area contributed by atoms with Crippen LogP contribution in [0.25, 0.3) is 0 Å². The fraction of sp³-hybridized carbons (Fsp3) is 0.500. The summed E-state index contributed by atoms with van der Waals surface area (Å²) < 4.78 is 0. The first-order valence-corrected chi connectivity index (χ1v) is 2.51. The fourth-order valence-electron chi connectivity index (χ4n) is 0.359. The van der Waals surface area contributed by atoms with Gasteiger partial charge in [-0.05, 0) is 0 Å². The van der Waals surface area contributed by atoms with E-state index in [0.717, 1.165) is 0 Å². The zero-order valence-corrected chi connectivity index (χ0v) is 8.38. The molecule has 2 atom stereocenters. The molecule has 0 fully saturated rings. The number of carbonyl (C=O) groups is 2. The molecule has 2 unspecified atom stereocenters. The van der Waals surface area contributed by atoms with Gasteiger partial charge in [0.15, 0.2) is 6.10 Å². The Hall–Kier alpha value is 0.0397. The van der Waals surface area contributed by atoms with Crippen molar-refractivity contribution in [2.45, 2.75) is 11.9 Å². The number of aliphatic carboxylic acids is 2. The Balaban J connectivity index is 0. The second kappa shape index (κ2) is 5.70. The Kier molecular flexibility index (Phi) is 6.80. The SMILES string of the molecule is O=C([O-])C(O)C(O)(OO)C(=O)[O-].[Ca+2]. The summed E-state index contributed by atoms with van der Waals surface area (Å²) in [5, 5.41) is 44.4. The summed E-state index contributed by atoms with van der Waals surface area (Å²) in [6.07, 6.45) is -2.95. The average molecular weight is 220 g/mol. The van der Waals surface area contributed by atoms with Gasteiger partial charge in [0.1, 0.15) is 5.97 Å². The molecule has 0 saturated carbocycles. The van der Waals surface area contributed by atoms with Crippen LogP contribution in [0.4, 0.5) is 0 Å². The number of hydrogen-bond donors (Lipinski definition) is 3. The minimum atomic E-state index is -3.72. The molecule has 0 aromatic heterocycles. The Labute approximate surface area is 101 Å². The summed E-state index contributed by atoms with van der Waals surface area (Å²) >= 11 is 0. The topological polar surface area (TPSA) is 150 Å². The Morgan fingerprint density at radius 3 is 1.85 bits per heavy atom. The normalized spacial score (nSPS) is 16.5. The molecule has 0 aliphatic carbocycles. The molecule has 70 valence electrons. The summed E-state index contributed by atoms with van der Waals surface area (Å²) in [6, 6.07) is 0. The molecule has 0 rings (SSSR count). The van der Waals surface area contributed by atoms with Crippen LogP contribution in [0.2, 0.25) is 0 Å². The first-order chi connectivity index (χ1) is 5.36. The molecule has 13 heavy (non-hydrogen) atoms. The third-order valence-electron chi connectivity index (χ3n) is 1.03. The molecule has 0 aliphatic heterocycles. The van der Waals surface area contributed by atoms with E-state index in [2.05, 4.69) is 4.89 Å². The van der Waals surface area contributed by atoms with Gasteiger partial charge in [0, 0.05) is 0 Å². The van der Waals surface area contributed by atoms with Crippen LogP contribution < -0.4 is 10.2 Å². The van der Waals surface area contributed by atoms with Crippen LogP contribution in [-0.4, -0.2) is 77.0 Å². The van der Waals surface area contributed by atoms with Gasteiger partial charge in [0.25, 0.3) is 5.79 Å². The van der Waals surface area contributed by atoms with Crippen LogP contribution in [0.15, 0.2) is 0 Å². The number of carbonyl (C=O) groups excluding carboxylic acids is 2. The number of rotatable bonds is 4. The minimum absolute atomic E-state index is 0. The van der Waals surface area contributed by atoms with Gasteiger partial charge in [-0.15, -0.1) is 0 Å². The van der Waals surface area contributed by atoms with Crippen molar-refractivity contribution in [2.75, 3.05) is 0 Å². The van der Waals surface area contributed by atoms with Gasteiger partial charge in [-0.1, -0.05) is 0 Å². The van der Waals surface area contributed by atoms with E-state index < -0.39 is 23.8 Å². The molecule has 8 nitrogen and oxygen atoms in total. The third kappa shape index (κ3) is 3.35.